The molecule has 1 unspecified atom stereocenters. The number of thioether (sulfide) groups is 1. The summed E-state index contributed by atoms with van der Waals surface area (Å²) in [6.07, 6.45) is 0. The summed E-state index contributed by atoms with van der Waals surface area (Å²) in [6, 6.07) is -1.30. The third-order valence-electron chi connectivity index (χ3n) is 4.15. The Bertz CT molecular complexity index is 1050. The molecule has 0 aliphatic carbocycles. The number of anilines is 1. The standard InChI is InChI=1S/C16H16N6O8S/c1-5(23)8(21-29-3)11(25)18-9-13(26)22-10(15(27)28)7(4-31-14(9)22)12-19-20-16(30-12)17-6(2)24/h9,14H,4H2,1-3H3,(H,18,25)(H,27,28)(H,17,20,24)/t9?,14-/m1/s1. The molecule has 3 heterocycles. The third kappa shape index (κ3) is 4.11. The zero-order chi connectivity index (χ0) is 22.9. The Hall–Kier alpha value is -3.75. The number of amides is 3. The van der Waals surface area contributed by atoms with Gasteiger partial charge in [-0.2, -0.15) is 0 Å². The minimum Gasteiger partial charge on any atom is -0.477 e. The fourth-order valence-corrected chi connectivity index (χ4v) is 4.23. The summed E-state index contributed by atoms with van der Waals surface area (Å²) in [5, 5.41) is 24.3. The van der Waals surface area contributed by atoms with Crippen molar-refractivity contribution in [2.45, 2.75) is 25.3 Å². The molecule has 31 heavy (non-hydrogen) atoms. The van der Waals surface area contributed by atoms with E-state index in [0.29, 0.717) is 0 Å². The number of Topliss-reactive ketones (excluding diaryl/α,β-unsaturated/α-hetero) is 1. The van der Waals surface area contributed by atoms with E-state index in [1.807, 2.05) is 0 Å². The van der Waals surface area contributed by atoms with Crippen LogP contribution in [0.2, 0.25) is 0 Å². The Labute approximate surface area is 178 Å². The van der Waals surface area contributed by atoms with E-state index in [1.165, 1.54) is 6.92 Å². The lowest BCUT2D eigenvalue weighted by Crippen LogP contribution is -2.71. The summed E-state index contributed by atoms with van der Waals surface area (Å²) < 4.78 is 5.27. The van der Waals surface area contributed by atoms with Gasteiger partial charge in [0.05, 0.1) is 5.57 Å². The lowest BCUT2D eigenvalue weighted by Gasteiger charge is -2.49. The second-order valence-electron chi connectivity index (χ2n) is 6.27. The molecule has 0 aromatic carbocycles. The molecule has 14 nitrogen and oxygen atoms in total. The van der Waals surface area contributed by atoms with Crippen LogP contribution in [0.25, 0.3) is 5.57 Å². The van der Waals surface area contributed by atoms with Crippen molar-refractivity contribution in [1.82, 2.24) is 20.4 Å². The van der Waals surface area contributed by atoms with Gasteiger partial charge in [0.1, 0.15) is 24.2 Å². The highest BCUT2D eigenvalue weighted by molar-refractivity contribution is 8.00. The summed E-state index contributed by atoms with van der Waals surface area (Å²) in [5.74, 6) is -4.27. The van der Waals surface area contributed by atoms with Crippen LogP contribution in [-0.2, 0) is 28.8 Å². The molecule has 1 saturated heterocycles. The predicted molar refractivity (Wildman–Crippen MR) is 103 cm³/mol. The van der Waals surface area contributed by atoms with Crippen molar-refractivity contribution in [2.75, 3.05) is 18.2 Å². The van der Waals surface area contributed by atoms with Gasteiger partial charge in [0.15, 0.2) is 5.78 Å². The largest absolute Gasteiger partial charge is 0.477 e. The summed E-state index contributed by atoms with van der Waals surface area (Å²) >= 11 is 1.15. The van der Waals surface area contributed by atoms with E-state index in [2.05, 4.69) is 30.8 Å². The van der Waals surface area contributed by atoms with Crippen LogP contribution in [-0.4, -0.2) is 79.7 Å². The average molecular weight is 452 g/mol. The van der Waals surface area contributed by atoms with Crippen LogP contribution in [0.4, 0.5) is 6.01 Å². The number of aromatic nitrogens is 2. The first-order chi connectivity index (χ1) is 14.6. The quantitative estimate of drug-likeness (QED) is 0.195. The second-order valence-corrected chi connectivity index (χ2v) is 7.37. The van der Waals surface area contributed by atoms with Crippen LogP contribution in [0.1, 0.15) is 19.7 Å². The number of carboxylic acid groups (broad SMARTS) is 1. The molecule has 1 fully saturated rings. The molecule has 2 aliphatic heterocycles. The number of ketones is 1. The normalized spacial score (nSPS) is 20.5. The molecular formula is C16H16N6O8S. The molecule has 0 saturated carbocycles. The van der Waals surface area contributed by atoms with Gasteiger partial charge in [-0.1, -0.05) is 10.3 Å². The topological polar surface area (TPSA) is 193 Å². The number of oxime groups is 1. The van der Waals surface area contributed by atoms with Gasteiger partial charge in [0.25, 0.3) is 11.8 Å². The van der Waals surface area contributed by atoms with Gasteiger partial charge in [0, 0.05) is 19.6 Å². The van der Waals surface area contributed by atoms with Gasteiger partial charge in [-0.15, -0.1) is 16.9 Å². The second kappa shape index (κ2) is 8.55. The van der Waals surface area contributed by atoms with Gasteiger partial charge < -0.3 is 19.7 Å². The number of nitrogens with one attached hydrogen (secondary N) is 2. The van der Waals surface area contributed by atoms with E-state index in [0.717, 1.165) is 30.7 Å². The molecule has 0 spiro atoms. The van der Waals surface area contributed by atoms with E-state index < -0.39 is 46.6 Å². The number of hydrogen-bond donors (Lipinski definition) is 3. The van der Waals surface area contributed by atoms with E-state index in [1.54, 1.807) is 0 Å². The molecule has 15 heteroatoms. The van der Waals surface area contributed by atoms with Crippen LogP contribution < -0.4 is 10.6 Å². The van der Waals surface area contributed by atoms with Crippen LogP contribution >= 0.6 is 11.8 Å². The molecule has 164 valence electrons. The highest BCUT2D eigenvalue weighted by Crippen LogP contribution is 2.43. The summed E-state index contributed by atoms with van der Waals surface area (Å²) in [5.41, 5.74) is -0.823. The molecule has 1 aromatic rings. The number of carbonyl (C=O) groups excluding carboxylic acids is 4. The van der Waals surface area contributed by atoms with E-state index >= 15 is 0 Å². The molecule has 1 aromatic heterocycles. The highest BCUT2D eigenvalue weighted by Gasteiger charge is 2.55. The van der Waals surface area contributed by atoms with Crippen LogP contribution in [0, 0.1) is 0 Å². The van der Waals surface area contributed by atoms with Crippen molar-refractivity contribution in [3.05, 3.63) is 11.6 Å². The molecule has 3 N–H and O–H groups in total. The zero-order valence-corrected chi connectivity index (χ0v) is 17.2. The number of fused-ring (bicyclic) bond motifs is 1. The smallest absolute Gasteiger partial charge is 0.353 e. The molecule has 0 bridgehead atoms. The first kappa shape index (κ1) is 21.9. The van der Waals surface area contributed by atoms with Gasteiger partial charge in [-0.3, -0.25) is 29.4 Å². The lowest BCUT2D eigenvalue weighted by atomic mass is 10.0. The van der Waals surface area contributed by atoms with Gasteiger partial charge in [-0.05, 0) is 0 Å². The molecule has 0 radical (unpaired) electrons. The maximum atomic E-state index is 12.6. The summed E-state index contributed by atoms with van der Waals surface area (Å²) in [4.78, 5) is 64.9. The Balaban J connectivity index is 1.85. The first-order valence-electron chi connectivity index (χ1n) is 8.61. The molecular weight excluding hydrogens is 436 g/mol. The van der Waals surface area contributed by atoms with Crippen molar-refractivity contribution < 1.29 is 38.3 Å². The van der Waals surface area contributed by atoms with Crippen molar-refractivity contribution in [1.29, 1.82) is 0 Å². The maximum absolute atomic E-state index is 12.6. The highest BCUT2D eigenvalue weighted by atomic mass is 32.2. The number of aliphatic carboxylic acids is 1. The van der Waals surface area contributed by atoms with Crippen molar-refractivity contribution in [2.24, 2.45) is 5.16 Å². The van der Waals surface area contributed by atoms with Crippen LogP contribution in [0.5, 0.6) is 0 Å². The lowest BCUT2D eigenvalue weighted by molar-refractivity contribution is -0.150. The maximum Gasteiger partial charge on any atom is 0.353 e. The minimum absolute atomic E-state index is 0.0654. The molecule has 2 atom stereocenters. The number of hydrogen-bond acceptors (Lipinski definition) is 11. The summed E-state index contributed by atoms with van der Waals surface area (Å²) in [6.45, 7) is 2.34. The molecule has 3 amide bonds. The Morgan fingerprint density at radius 3 is 2.58 bits per heavy atom. The van der Waals surface area contributed by atoms with E-state index in [4.69, 9.17) is 4.42 Å². The summed E-state index contributed by atoms with van der Waals surface area (Å²) in [7, 11) is 1.16. The zero-order valence-electron chi connectivity index (χ0n) is 16.4. The minimum atomic E-state index is -1.41. The number of nitrogens with zero attached hydrogens (tertiary/aromatic N) is 4. The van der Waals surface area contributed by atoms with E-state index in [-0.39, 0.29) is 28.9 Å². The Morgan fingerprint density at radius 2 is 2.00 bits per heavy atom. The molecule has 2 aliphatic rings. The first-order valence-corrected chi connectivity index (χ1v) is 9.66. The van der Waals surface area contributed by atoms with E-state index in [9.17, 15) is 29.1 Å². The van der Waals surface area contributed by atoms with Crippen molar-refractivity contribution >= 4 is 58.5 Å². The average Bonchev–Trinajstić information content (AvgIpc) is 3.15. The van der Waals surface area contributed by atoms with Crippen molar-refractivity contribution in [3.8, 4) is 0 Å². The van der Waals surface area contributed by atoms with Gasteiger partial charge in [-0.25, -0.2) is 4.79 Å². The Morgan fingerprint density at radius 1 is 1.29 bits per heavy atom. The van der Waals surface area contributed by atoms with Gasteiger partial charge in [0.2, 0.25) is 17.5 Å². The predicted octanol–water partition coefficient (Wildman–Crippen LogP) is -1.18. The molecule has 3 rings (SSSR count). The van der Waals surface area contributed by atoms with Crippen LogP contribution in [0.3, 0.4) is 0 Å². The van der Waals surface area contributed by atoms with Gasteiger partial charge >= 0.3 is 12.0 Å². The number of β-lactam (4-membered cyclic amide) rings is 1. The SMILES string of the molecule is CON=C(C(C)=O)C(=O)NC1C(=O)N2C(C(=O)O)=C(c3nnc(NC(C)=O)o3)CS[C@H]12. The number of rotatable bonds is 7. The van der Waals surface area contributed by atoms with Crippen LogP contribution in [0.15, 0.2) is 15.3 Å². The number of carboxylic acids is 1. The fourth-order valence-electron chi connectivity index (χ4n) is 2.90. The Kier molecular flexibility index (Phi) is 6.05. The monoisotopic (exact) mass is 452 g/mol. The van der Waals surface area contributed by atoms with Crippen molar-refractivity contribution in [3.63, 3.8) is 0 Å². The third-order valence-corrected chi connectivity index (χ3v) is 5.43. The fraction of sp³-hybridized carbons (Fsp3) is 0.375. The number of carbonyl (C=O) groups is 5.